The summed E-state index contributed by atoms with van der Waals surface area (Å²) < 4.78 is 0. The molecule has 0 aromatic rings. The molecule has 1 nitrogen and oxygen atoms in total. The summed E-state index contributed by atoms with van der Waals surface area (Å²) >= 11 is 0. The lowest BCUT2D eigenvalue weighted by molar-refractivity contribution is 0.505. The second-order valence-corrected chi connectivity index (χ2v) is 3.13. The SMILES string of the molecule is C1=CCCCC=C1.CN(C)C. The highest BCUT2D eigenvalue weighted by molar-refractivity contribution is 5.04. The van der Waals surface area contributed by atoms with Crippen molar-refractivity contribution in [1.82, 2.24) is 4.90 Å². The number of nitrogens with zero attached hydrogens (tertiary/aromatic N) is 1. The van der Waals surface area contributed by atoms with Crippen LogP contribution >= 0.6 is 0 Å². The van der Waals surface area contributed by atoms with Crippen molar-refractivity contribution < 1.29 is 0 Å². The standard InChI is InChI=1S/C7H10.C3H9N/c1-2-4-6-7-5-3-1;1-4(2)3/h1-4H,5-7H2;1-3H3. The Morgan fingerprint density at radius 2 is 1.27 bits per heavy atom. The Hall–Kier alpha value is -0.560. The van der Waals surface area contributed by atoms with Gasteiger partial charge in [-0.15, -0.1) is 0 Å². The molecule has 0 unspecified atom stereocenters. The van der Waals surface area contributed by atoms with Crippen molar-refractivity contribution in [3.8, 4) is 0 Å². The van der Waals surface area contributed by atoms with Crippen molar-refractivity contribution in [3.05, 3.63) is 24.3 Å². The Morgan fingerprint density at radius 3 is 1.64 bits per heavy atom. The monoisotopic (exact) mass is 153 g/mol. The summed E-state index contributed by atoms with van der Waals surface area (Å²) in [6.45, 7) is 0. The first kappa shape index (κ1) is 10.4. The van der Waals surface area contributed by atoms with Gasteiger partial charge in [-0.05, 0) is 40.4 Å². The Kier molecular flexibility index (Phi) is 7.16. The highest BCUT2D eigenvalue weighted by atomic mass is 15.0. The molecule has 0 aromatic carbocycles. The van der Waals surface area contributed by atoms with Crippen LogP contribution in [0.25, 0.3) is 0 Å². The molecule has 0 aromatic heterocycles. The minimum absolute atomic E-state index is 1.26. The first-order valence-electron chi connectivity index (χ1n) is 4.16. The molecule has 0 radical (unpaired) electrons. The maximum atomic E-state index is 2.21. The molecule has 0 amide bonds. The highest BCUT2D eigenvalue weighted by Crippen LogP contribution is 2.01. The van der Waals surface area contributed by atoms with Gasteiger partial charge in [0.2, 0.25) is 0 Å². The van der Waals surface area contributed by atoms with Crippen LogP contribution < -0.4 is 0 Å². The third-order valence-electron chi connectivity index (χ3n) is 1.12. The zero-order valence-corrected chi connectivity index (χ0v) is 7.88. The molecule has 0 aliphatic heterocycles. The van der Waals surface area contributed by atoms with Gasteiger partial charge in [0.1, 0.15) is 0 Å². The summed E-state index contributed by atoms with van der Waals surface area (Å²) in [4.78, 5) is 2.00. The van der Waals surface area contributed by atoms with Gasteiger partial charge in [-0.2, -0.15) is 0 Å². The predicted octanol–water partition coefficient (Wildman–Crippen LogP) is 2.46. The van der Waals surface area contributed by atoms with E-state index < -0.39 is 0 Å². The number of hydrogen-bond acceptors (Lipinski definition) is 1. The fraction of sp³-hybridized carbons (Fsp3) is 0.600. The lowest BCUT2D eigenvalue weighted by Crippen LogP contribution is -1.99. The van der Waals surface area contributed by atoms with Gasteiger partial charge in [-0.25, -0.2) is 0 Å². The zero-order chi connectivity index (χ0) is 8.53. The van der Waals surface area contributed by atoms with Gasteiger partial charge in [-0.3, -0.25) is 0 Å². The van der Waals surface area contributed by atoms with Gasteiger partial charge in [0.25, 0.3) is 0 Å². The van der Waals surface area contributed by atoms with Gasteiger partial charge in [0.15, 0.2) is 0 Å². The quantitative estimate of drug-likeness (QED) is 0.516. The van der Waals surface area contributed by atoms with Crippen molar-refractivity contribution in [1.29, 1.82) is 0 Å². The van der Waals surface area contributed by atoms with Crippen molar-refractivity contribution in [2.24, 2.45) is 0 Å². The summed E-state index contributed by atoms with van der Waals surface area (Å²) in [6.07, 6.45) is 12.5. The molecule has 0 saturated carbocycles. The summed E-state index contributed by atoms with van der Waals surface area (Å²) in [5.41, 5.74) is 0. The molecule has 1 rings (SSSR count). The number of rotatable bonds is 0. The molecule has 0 spiro atoms. The van der Waals surface area contributed by atoms with E-state index >= 15 is 0 Å². The molecule has 0 fully saturated rings. The first-order chi connectivity index (χ1) is 5.23. The maximum Gasteiger partial charge on any atom is -0.0140 e. The minimum Gasteiger partial charge on any atom is -0.312 e. The predicted molar refractivity (Wildman–Crippen MR) is 51.7 cm³/mol. The summed E-state index contributed by atoms with van der Waals surface area (Å²) in [5, 5.41) is 0. The van der Waals surface area contributed by atoms with Gasteiger partial charge in [-0.1, -0.05) is 24.3 Å². The molecule has 0 N–H and O–H groups in total. The highest BCUT2D eigenvalue weighted by Gasteiger charge is 1.81. The normalized spacial score (nSPS) is 15.6. The van der Waals surface area contributed by atoms with E-state index in [0.717, 1.165) is 0 Å². The van der Waals surface area contributed by atoms with E-state index in [4.69, 9.17) is 0 Å². The van der Waals surface area contributed by atoms with E-state index in [1.807, 2.05) is 26.0 Å². The zero-order valence-electron chi connectivity index (χ0n) is 7.88. The van der Waals surface area contributed by atoms with Crippen LogP contribution in [-0.2, 0) is 0 Å². The van der Waals surface area contributed by atoms with E-state index in [1.54, 1.807) is 0 Å². The summed E-state index contributed by atoms with van der Waals surface area (Å²) in [6, 6.07) is 0. The van der Waals surface area contributed by atoms with Crippen LogP contribution in [-0.4, -0.2) is 26.0 Å². The van der Waals surface area contributed by atoms with Crippen LogP contribution in [0.4, 0.5) is 0 Å². The fourth-order valence-corrected chi connectivity index (χ4v) is 0.703. The minimum atomic E-state index is 1.26. The van der Waals surface area contributed by atoms with Crippen LogP contribution in [0.5, 0.6) is 0 Å². The fourth-order valence-electron chi connectivity index (χ4n) is 0.703. The first-order valence-corrected chi connectivity index (χ1v) is 4.16. The number of hydrogen-bond donors (Lipinski definition) is 0. The van der Waals surface area contributed by atoms with E-state index in [0.29, 0.717) is 0 Å². The second kappa shape index (κ2) is 7.55. The maximum absolute atomic E-state index is 2.21. The van der Waals surface area contributed by atoms with Crippen LogP contribution in [0.15, 0.2) is 24.3 Å². The Balaban J connectivity index is 0.000000218. The molecule has 1 heteroatoms. The van der Waals surface area contributed by atoms with Gasteiger partial charge in [0, 0.05) is 0 Å². The Labute approximate surface area is 70.4 Å². The Morgan fingerprint density at radius 1 is 0.909 bits per heavy atom. The largest absolute Gasteiger partial charge is 0.312 e. The number of allylic oxidation sites excluding steroid dienone is 4. The van der Waals surface area contributed by atoms with Gasteiger partial charge in [0.05, 0.1) is 0 Å². The smallest absolute Gasteiger partial charge is 0.0140 e. The van der Waals surface area contributed by atoms with Crippen molar-refractivity contribution in [2.75, 3.05) is 21.1 Å². The molecular weight excluding hydrogens is 134 g/mol. The average molecular weight is 153 g/mol. The summed E-state index contributed by atoms with van der Waals surface area (Å²) in [5.74, 6) is 0. The average Bonchev–Trinajstić information content (AvgIpc) is 2.13. The van der Waals surface area contributed by atoms with Gasteiger partial charge < -0.3 is 4.90 Å². The summed E-state index contributed by atoms with van der Waals surface area (Å²) in [7, 11) is 6.00. The molecule has 0 bridgehead atoms. The lowest BCUT2D eigenvalue weighted by Gasteiger charge is -1.90. The van der Waals surface area contributed by atoms with E-state index in [2.05, 4.69) is 24.3 Å². The molecule has 0 atom stereocenters. The molecule has 1 aliphatic carbocycles. The van der Waals surface area contributed by atoms with Crippen molar-refractivity contribution in [3.63, 3.8) is 0 Å². The van der Waals surface area contributed by atoms with Crippen LogP contribution in [0.1, 0.15) is 19.3 Å². The Bertz CT molecular complexity index is 108. The van der Waals surface area contributed by atoms with Crippen LogP contribution in [0.2, 0.25) is 0 Å². The third kappa shape index (κ3) is 12.6. The van der Waals surface area contributed by atoms with Crippen LogP contribution in [0.3, 0.4) is 0 Å². The molecule has 64 valence electrons. The molecule has 0 heterocycles. The topological polar surface area (TPSA) is 3.24 Å². The van der Waals surface area contributed by atoms with Gasteiger partial charge >= 0.3 is 0 Å². The lowest BCUT2D eigenvalue weighted by atomic mass is 10.2. The third-order valence-corrected chi connectivity index (χ3v) is 1.12. The van der Waals surface area contributed by atoms with Crippen molar-refractivity contribution >= 4 is 0 Å². The van der Waals surface area contributed by atoms with Crippen molar-refractivity contribution in [2.45, 2.75) is 19.3 Å². The second-order valence-electron chi connectivity index (χ2n) is 3.13. The molecule has 1 aliphatic rings. The molecule has 11 heavy (non-hydrogen) atoms. The molecular formula is C10H19N. The van der Waals surface area contributed by atoms with E-state index in [9.17, 15) is 0 Å². The molecule has 0 saturated heterocycles. The van der Waals surface area contributed by atoms with E-state index in [-0.39, 0.29) is 0 Å². The van der Waals surface area contributed by atoms with E-state index in [1.165, 1.54) is 19.3 Å². The van der Waals surface area contributed by atoms with Crippen LogP contribution in [0, 0.1) is 0 Å².